The Morgan fingerprint density at radius 2 is 1.35 bits per heavy atom. The van der Waals surface area contributed by atoms with Crippen LogP contribution in [0.1, 0.15) is 49.9 Å². The maximum Gasteiger partial charge on any atom is 0.187 e. The molecule has 0 saturated carbocycles. The SMILES string of the molecule is Cc1cnc(-c2[c-]cccc2)cc1C.[C-]#[N+]c1cc(CC(C)C)c(-n2c(-c3[c-]cccc3)nc3ccccc32)c(CC(C)C)c1.[Ir]. The second-order valence-corrected chi connectivity index (χ2v) is 12.4. The van der Waals surface area contributed by atoms with Crippen LogP contribution >= 0.6 is 0 Å². The van der Waals surface area contributed by atoms with E-state index in [9.17, 15) is 0 Å². The summed E-state index contributed by atoms with van der Waals surface area (Å²) in [6.45, 7) is 20.7. The molecular formula is C41H40IrN4-2. The number of benzene rings is 4. The normalized spacial score (nSPS) is 10.8. The first kappa shape index (κ1) is 34.5. The molecule has 0 aliphatic rings. The molecule has 0 unspecified atom stereocenters. The Balaban J connectivity index is 0.000000268. The standard InChI is InChI=1S/C28H28N3.C13H12N.Ir/c1-19(2)15-22-17-24(29-5)18-23(16-20(3)4)27(22)31-26-14-10-9-13-25(26)30-28(31)21-11-7-6-8-12-21;1-10-8-13(14-9-11(10)2)12-6-4-3-5-7-12;/h6-11,13-14,17-20H,15-16H2,1-4H3;3-6,8-9H,1-2H3;/q2*-1;. The predicted molar refractivity (Wildman–Crippen MR) is 187 cm³/mol. The molecule has 0 saturated heterocycles. The Bertz CT molecular complexity index is 1900. The number of rotatable bonds is 7. The molecule has 0 aliphatic heterocycles. The van der Waals surface area contributed by atoms with Gasteiger partial charge in [-0.15, -0.1) is 71.8 Å². The molecule has 0 bridgehead atoms. The summed E-state index contributed by atoms with van der Waals surface area (Å²) >= 11 is 0. The van der Waals surface area contributed by atoms with E-state index in [0.29, 0.717) is 17.5 Å². The molecule has 5 heteroatoms. The molecule has 0 amide bonds. The average Bonchev–Trinajstić information content (AvgIpc) is 3.42. The van der Waals surface area contributed by atoms with Gasteiger partial charge in [-0.3, -0.25) is 4.98 Å². The van der Waals surface area contributed by atoms with Gasteiger partial charge in [-0.25, -0.2) is 4.85 Å². The molecule has 0 aliphatic carbocycles. The van der Waals surface area contributed by atoms with Crippen LogP contribution in [0.2, 0.25) is 0 Å². The average molecular weight is 781 g/mol. The summed E-state index contributed by atoms with van der Waals surface area (Å²) in [5.74, 6) is 1.86. The Hall–Kier alpha value is -4.36. The summed E-state index contributed by atoms with van der Waals surface area (Å²) < 4.78 is 2.30. The fraction of sp³-hybridized carbons (Fsp3) is 0.244. The first-order valence-corrected chi connectivity index (χ1v) is 15.6. The number of nitrogens with zero attached hydrogens (tertiary/aromatic N) is 4. The summed E-state index contributed by atoms with van der Waals surface area (Å²) in [6.07, 6.45) is 3.73. The molecule has 1 radical (unpaired) electrons. The molecule has 0 fully saturated rings. The number of aryl methyl sites for hydroxylation is 2. The van der Waals surface area contributed by atoms with Gasteiger partial charge < -0.3 is 9.55 Å². The van der Waals surface area contributed by atoms with Crippen molar-refractivity contribution in [1.29, 1.82) is 0 Å². The minimum absolute atomic E-state index is 0. The zero-order chi connectivity index (χ0) is 31.9. The van der Waals surface area contributed by atoms with Crippen molar-refractivity contribution < 1.29 is 20.1 Å². The minimum atomic E-state index is 0. The maximum absolute atomic E-state index is 7.66. The second-order valence-electron chi connectivity index (χ2n) is 12.4. The third kappa shape index (κ3) is 8.07. The molecule has 0 atom stereocenters. The van der Waals surface area contributed by atoms with Crippen molar-refractivity contribution in [1.82, 2.24) is 14.5 Å². The van der Waals surface area contributed by atoms with Gasteiger partial charge in [0.1, 0.15) is 0 Å². The quantitative estimate of drug-likeness (QED) is 0.151. The third-order valence-corrected chi connectivity index (χ3v) is 7.73. The van der Waals surface area contributed by atoms with E-state index in [-0.39, 0.29) is 20.1 Å². The van der Waals surface area contributed by atoms with Gasteiger partial charge in [-0.05, 0) is 73.0 Å². The van der Waals surface area contributed by atoms with Crippen LogP contribution in [0.3, 0.4) is 0 Å². The zero-order valence-electron chi connectivity index (χ0n) is 27.4. The van der Waals surface area contributed by atoms with E-state index in [1.807, 2.05) is 54.7 Å². The van der Waals surface area contributed by atoms with Crippen molar-refractivity contribution in [2.75, 3.05) is 0 Å². The number of aromatic nitrogens is 3. The molecule has 6 rings (SSSR count). The maximum atomic E-state index is 7.66. The van der Waals surface area contributed by atoms with E-state index >= 15 is 0 Å². The van der Waals surface area contributed by atoms with E-state index in [0.717, 1.165) is 46.5 Å². The fourth-order valence-electron chi connectivity index (χ4n) is 5.57. The van der Waals surface area contributed by atoms with Crippen molar-refractivity contribution in [3.63, 3.8) is 0 Å². The third-order valence-electron chi connectivity index (χ3n) is 7.73. The van der Waals surface area contributed by atoms with E-state index in [1.165, 1.54) is 27.9 Å². The Kier molecular flexibility index (Phi) is 11.8. The summed E-state index contributed by atoms with van der Waals surface area (Å²) in [5.41, 5.74) is 11.9. The smallest absolute Gasteiger partial charge is 0.187 e. The summed E-state index contributed by atoms with van der Waals surface area (Å²) in [7, 11) is 0. The first-order valence-electron chi connectivity index (χ1n) is 15.6. The van der Waals surface area contributed by atoms with Crippen molar-refractivity contribution in [2.45, 2.75) is 54.4 Å². The molecule has 235 valence electrons. The molecule has 2 aromatic heterocycles. The van der Waals surface area contributed by atoms with Crippen LogP contribution in [0.5, 0.6) is 0 Å². The summed E-state index contributed by atoms with van der Waals surface area (Å²) in [4.78, 5) is 13.2. The molecular weight excluding hydrogens is 741 g/mol. The Morgan fingerprint density at radius 3 is 1.89 bits per heavy atom. The predicted octanol–water partition coefficient (Wildman–Crippen LogP) is 10.6. The van der Waals surface area contributed by atoms with Crippen molar-refractivity contribution >= 4 is 16.7 Å². The largest absolute Gasteiger partial charge is 0.333 e. The van der Waals surface area contributed by atoms with E-state index in [1.54, 1.807) is 0 Å². The minimum Gasteiger partial charge on any atom is -0.333 e. The van der Waals surface area contributed by atoms with E-state index in [4.69, 9.17) is 11.6 Å². The second kappa shape index (κ2) is 15.8. The van der Waals surface area contributed by atoms with Gasteiger partial charge in [0.15, 0.2) is 5.69 Å². The molecule has 46 heavy (non-hydrogen) atoms. The van der Waals surface area contributed by atoms with Gasteiger partial charge in [0, 0.05) is 32.0 Å². The topological polar surface area (TPSA) is 35.1 Å². The van der Waals surface area contributed by atoms with Crippen LogP contribution in [0.25, 0.3) is 44.2 Å². The van der Waals surface area contributed by atoms with Crippen molar-refractivity contribution in [3.05, 3.63) is 143 Å². The van der Waals surface area contributed by atoms with Crippen molar-refractivity contribution in [2.24, 2.45) is 11.8 Å². The number of fused-ring (bicyclic) bond motifs is 1. The van der Waals surface area contributed by atoms with Crippen LogP contribution in [0, 0.1) is 44.4 Å². The van der Waals surface area contributed by atoms with Gasteiger partial charge in [0.05, 0.1) is 23.4 Å². The summed E-state index contributed by atoms with van der Waals surface area (Å²) in [6, 6.07) is 37.0. The summed E-state index contributed by atoms with van der Waals surface area (Å²) in [5, 5.41) is 0. The van der Waals surface area contributed by atoms with Crippen molar-refractivity contribution in [3.8, 4) is 28.3 Å². The van der Waals surface area contributed by atoms with E-state index in [2.05, 4.69) is 111 Å². The Morgan fingerprint density at radius 1 is 0.761 bits per heavy atom. The number of imidazole rings is 1. The monoisotopic (exact) mass is 781 g/mol. The fourth-order valence-corrected chi connectivity index (χ4v) is 5.57. The van der Waals surface area contributed by atoms with Crippen LogP contribution in [0.15, 0.2) is 97.2 Å². The van der Waals surface area contributed by atoms with Crippen LogP contribution in [0.4, 0.5) is 5.69 Å². The van der Waals surface area contributed by atoms with Crippen LogP contribution in [-0.2, 0) is 32.9 Å². The molecule has 2 heterocycles. The number of hydrogen-bond donors (Lipinski definition) is 0. The van der Waals surface area contributed by atoms with Gasteiger partial charge in [-0.1, -0.05) is 63.6 Å². The molecule has 4 nitrogen and oxygen atoms in total. The van der Waals surface area contributed by atoms with Gasteiger partial charge in [-0.2, -0.15) is 0 Å². The van der Waals surface area contributed by atoms with Crippen LogP contribution < -0.4 is 0 Å². The molecule has 4 aromatic carbocycles. The van der Waals surface area contributed by atoms with Gasteiger partial charge >= 0.3 is 0 Å². The number of hydrogen-bond acceptors (Lipinski definition) is 2. The zero-order valence-corrected chi connectivity index (χ0v) is 29.8. The van der Waals surface area contributed by atoms with Gasteiger partial charge in [0.25, 0.3) is 0 Å². The molecule has 0 N–H and O–H groups in total. The number of pyridine rings is 1. The van der Waals surface area contributed by atoms with Gasteiger partial charge in [0.2, 0.25) is 0 Å². The first-order chi connectivity index (χ1) is 21.7. The molecule has 0 spiro atoms. The number of para-hydroxylation sites is 2. The van der Waals surface area contributed by atoms with Crippen LogP contribution in [-0.4, -0.2) is 14.5 Å². The Labute approximate surface area is 287 Å². The molecule has 6 aromatic rings. The van der Waals surface area contributed by atoms with E-state index < -0.39 is 0 Å².